The molecule has 1 aliphatic carbocycles. The van der Waals surface area contributed by atoms with Gasteiger partial charge in [-0.15, -0.1) is 0 Å². The first-order chi connectivity index (χ1) is 8.77. The number of hydrogen-bond acceptors (Lipinski definition) is 3. The van der Waals surface area contributed by atoms with Crippen LogP contribution in [0.2, 0.25) is 0 Å². The van der Waals surface area contributed by atoms with Gasteiger partial charge >= 0.3 is 0 Å². The maximum absolute atomic E-state index is 5.75. The lowest BCUT2D eigenvalue weighted by Crippen LogP contribution is -2.39. The molecule has 98 valence electrons. The molecule has 1 aliphatic heterocycles. The highest BCUT2D eigenvalue weighted by molar-refractivity contribution is 5.50. The number of para-hydroxylation sites is 1. The lowest BCUT2D eigenvalue weighted by molar-refractivity contribution is -0.177. The molecule has 2 fully saturated rings. The zero-order valence-electron chi connectivity index (χ0n) is 10.9. The standard InChI is InChI=1S/C15H21NO2/c1-12-4-2-3-5-14(12)16-13-6-8-15(9-7-13)17-10-11-18-15/h2-5,13,16H,6-11H2,1H3. The van der Waals surface area contributed by atoms with Crippen LogP contribution in [-0.2, 0) is 9.47 Å². The monoisotopic (exact) mass is 247 g/mol. The lowest BCUT2D eigenvalue weighted by Gasteiger charge is -2.36. The molecule has 1 aromatic rings. The summed E-state index contributed by atoms with van der Waals surface area (Å²) in [6, 6.07) is 9.02. The van der Waals surface area contributed by atoms with Gasteiger partial charge in [0, 0.05) is 24.6 Å². The summed E-state index contributed by atoms with van der Waals surface area (Å²) in [6.45, 7) is 3.67. The third-order valence-corrected chi connectivity index (χ3v) is 4.07. The summed E-state index contributed by atoms with van der Waals surface area (Å²) < 4.78 is 11.5. The van der Waals surface area contributed by atoms with Gasteiger partial charge in [-0.05, 0) is 31.4 Å². The van der Waals surface area contributed by atoms with Gasteiger partial charge in [0.15, 0.2) is 5.79 Å². The quantitative estimate of drug-likeness (QED) is 0.871. The molecule has 0 bridgehead atoms. The third-order valence-electron chi connectivity index (χ3n) is 4.07. The number of aryl methyl sites for hydroxylation is 1. The first-order valence-electron chi connectivity index (χ1n) is 6.88. The van der Waals surface area contributed by atoms with Crippen LogP contribution in [0.3, 0.4) is 0 Å². The molecular formula is C15H21NO2. The van der Waals surface area contributed by atoms with Crippen LogP contribution in [0.25, 0.3) is 0 Å². The van der Waals surface area contributed by atoms with Crippen molar-refractivity contribution in [3.63, 3.8) is 0 Å². The minimum atomic E-state index is -0.246. The van der Waals surface area contributed by atoms with E-state index in [1.165, 1.54) is 11.3 Å². The van der Waals surface area contributed by atoms with Crippen LogP contribution in [0.15, 0.2) is 24.3 Å². The molecule has 0 aromatic heterocycles. The molecule has 1 heterocycles. The molecule has 3 nitrogen and oxygen atoms in total. The first-order valence-corrected chi connectivity index (χ1v) is 6.88. The van der Waals surface area contributed by atoms with E-state index in [9.17, 15) is 0 Å². The summed E-state index contributed by atoms with van der Waals surface area (Å²) in [6.07, 6.45) is 4.26. The van der Waals surface area contributed by atoms with Gasteiger partial charge in [-0.1, -0.05) is 18.2 Å². The summed E-state index contributed by atoms with van der Waals surface area (Å²) in [5, 5.41) is 3.64. The molecule has 1 saturated heterocycles. The maximum atomic E-state index is 5.75. The summed E-state index contributed by atoms with van der Waals surface area (Å²) in [4.78, 5) is 0. The third kappa shape index (κ3) is 2.38. The van der Waals surface area contributed by atoms with Gasteiger partial charge in [-0.3, -0.25) is 0 Å². The number of anilines is 1. The number of nitrogens with one attached hydrogen (secondary N) is 1. The van der Waals surface area contributed by atoms with Crippen LogP contribution in [0, 0.1) is 6.92 Å². The molecular weight excluding hydrogens is 226 g/mol. The maximum Gasteiger partial charge on any atom is 0.168 e. The predicted molar refractivity (Wildman–Crippen MR) is 71.7 cm³/mol. The summed E-state index contributed by atoms with van der Waals surface area (Å²) >= 11 is 0. The Bertz CT molecular complexity index is 403. The fourth-order valence-electron chi connectivity index (χ4n) is 2.94. The average Bonchev–Trinajstić information content (AvgIpc) is 2.84. The fraction of sp³-hybridized carbons (Fsp3) is 0.600. The van der Waals surface area contributed by atoms with E-state index in [2.05, 4.69) is 36.5 Å². The van der Waals surface area contributed by atoms with Crippen molar-refractivity contribution in [3.05, 3.63) is 29.8 Å². The molecule has 0 unspecified atom stereocenters. The second kappa shape index (κ2) is 4.90. The van der Waals surface area contributed by atoms with Crippen LogP contribution < -0.4 is 5.32 Å². The van der Waals surface area contributed by atoms with Gasteiger partial charge in [0.25, 0.3) is 0 Å². The number of benzene rings is 1. The molecule has 0 radical (unpaired) electrons. The van der Waals surface area contributed by atoms with Crippen LogP contribution in [0.1, 0.15) is 31.2 Å². The van der Waals surface area contributed by atoms with Gasteiger partial charge in [0.2, 0.25) is 0 Å². The summed E-state index contributed by atoms with van der Waals surface area (Å²) in [7, 11) is 0. The van der Waals surface area contributed by atoms with Crippen LogP contribution >= 0.6 is 0 Å². The molecule has 2 aliphatic rings. The van der Waals surface area contributed by atoms with Crippen molar-refractivity contribution in [1.29, 1.82) is 0 Å². The van der Waals surface area contributed by atoms with Gasteiger partial charge in [-0.25, -0.2) is 0 Å². The summed E-state index contributed by atoms with van der Waals surface area (Å²) in [5.74, 6) is -0.246. The Hall–Kier alpha value is -1.06. The Morgan fingerprint density at radius 1 is 1.11 bits per heavy atom. The zero-order valence-corrected chi connectivity index (χ0v) is 10.9. The Kier molecular flexibility index (Phi) is 3.27. The lowest BCUT2D eigenvalue weighted by atomic mass is 9.90. The van der Waals surface area contributed by atoms with Crippen molar-refractivity contribution in [1.82, 2.24) is 0 Å². The van der Waals surface area contributed by atoms with Crippen molar-refractivity contribution in [2.24, 2.45) is 0 Å². The second-order valence-electron chi connectivity index (χ2n) is 5.34. The minimum absolute atomic E-state index is 0.246. The molecule has 18 heavy (non-hydrogen) atoms. The Balaban J connectivity index is 1.59. The van der Waals surface area contributed by atoms with Crippen molar-refractivity contribution < 1.29 is 9.47 Å². The van der Waals surface area contributed by atoms with Crippen molar-refractivity contribution in [3.8, 4) is 0 Å². The van der Waals surface area contributed by atoms with E-state index >= 15 is 0 Å². The van der Waals surface area contributed by atoms with E-state index in [-0.39, 0.29) is 5.79 Å². The normalized spacial score (nSPS) is 23.4. The van der Waals surface area contributed by atoms with E-state index in [4.69, 9.17) is 9.47 Å². The highest BCUT2D eigenvalue weighted by Gasteiger charge is 2.40. The molecule has 0 atom stereocenters. The largest absolute Gasteiger partial charge is 0.382 e. The van der Waals surface area contributed by atoms with Crippen molar-refractivity contribution in [2.45, 2.75) is 44.4 Å². The Morgan fingerprint density at radius 3 is 2.44 bits per heavy atom. The van der Waals surface area contributed by atoms with Crippen molar-refractivity contribution in [2.75, 3.05) is 18.5 Å². The van der Waals surface area contributed by atoms with Gasteiger partial charge in [0.1, 0.15) is 0 Å². The van der Waals surface area contributed by atoms with E-state index in [1.807, 2.05) is 0 Å². The van der Waals surface area contributed by atoms with E-state index < -0.39 is 0 Å². The smallest absolute Gasteiger partial charge is 0.168 e. The second-order valence-corrected chi connectivity index (χ2v) is 5.34. The zero-order chi connectivity index (χ0) is 12.4. The van der Waals surface area contributed by atoms with Crippen LogP contribution in [0.4, 0.5) is 5.69 Å². The van der Waals surface area contributed by atoms with E-state index in [1.54, 1.807) is 0 Å². The summed E-state index contributed by atoms with van der Waals surface area (Å²) in [5.41, 5.74) is 2.57. The van der Waals surface area contributed by atoms with Crippen LogP contribution in [-0.4, -0.2) is 25.0 Å². The van der Waals surface area contributed by atoms with E-state index in [0.717, 1.165) is 38.9 Å². The fourth-order valence-corrected chi connectivity index (χ4v) is 2.94. The number of hydrogen-bond donors (Lipinski definition) is 1. The SMILES string of the molecule is Cc1ccccc1NC1CCC2(CC1)OCCO2. The molecule has 0 amide bonds. The number of ether oxygens (including phenoxy) is 2. The molecule has 1 spiro atoms. The highest BCUT2D eigenvalue weighted by atomic mass is 16.7. The molecule has 1 saturated carbocycles. The van der Waals surface area contributed by atoms with Crippen LogP contribution in [0.5, 0.6) is 0 Å². The predicted octanol–water partition coefficient (Wildman–Crippen LogP) is 3.09. The van der Waals surface area contributed by atoms with Gasteiger partial charge in [0.05, 0.1) is 13.2 Å². The average molecular weight is 247 g/mol. The molecule has 1 N–H and O–H groups in total. The topological polar surface area (TPSA) is 30.5 Å². The minimum Gasteiger partial charge on any atom is -0.382 e. The Morgan fingerprint density at radius 2 is 1.78 bits per heavy atom. The molecule has 3 rings (SSSR count). The van der Waals surface area contributed by atoms with Crippen molar-refractivity contribution >= 4 is 5.69 Å². The number of rotatable bonds is 2. The highest BCUT2D eigenvalue weighted by Crippen LogP contribution is 2.36. The molecule has 3 heteroatoms. The van der Waals surface area contributed by atoms with E-state index in [0.29, 0.717) is 6.04 Å². The molecule has 1 aromatic carbocycles. The first kappa shape index (κ1) is 12.0. The van der Waals surface area contributed by atoms with Gasteiger partial charge < -0.3 is 14.8 Å². The van der Waals surface area contributed by atoms with Gasteiger partial charge in [-0.2, -0.15) is 0 Å². The Labute approximate surface area is 108 Å².